The van der Waals surface area contributed by atoms with Crippen LogP contribution in [0.15, 0.2) is 0 Å². The maximum Gasteiger partial charge on any atom is 0.407 e. The van der Waals surface area contributed by atoms with E-state index in [1.807, 2.05) is 6.92 Å². The van der Waals surface area contributed by atoms with Crippen molar-refractivity contribution in [2.45, 2.75) is 75.5 Å². The van der Waals surface area contributed by atoms with Crippen molar-refractivity contribution in [2.24, 2.45) is 5.41 Å². The number of carboxylic acid groups (broad SMARTS) is 1. The molecule has 2 saturated heterocycles. The van der Waals surface area contributed by atoms with Crippen LogP contribution in [0.1, 0.15) is 58.3 Å². The second kappa shape index (κ2) is 6.08. The molecule has 2 N–H and O–H groups in total. The molecule has 4 rings (SSSR count). The van der Waals surface area contributed by atoms with Crippen LogP contribution in [0.3, 0.4) is 0 Å². The summed E-state index contributed by atoms with van der Waals surface area (Å²) in [5.41, 5.74) is -1.79. The van der Waals surface area contributed by atoms with Gasteiger partial charge in [0.25, 0.3) is 5.91 Å². The van der Waals surface area contributed by atoms with Crippen molar-refractivity contribution < 1.29 is 19.1 Å². The number of hydrogen-bond donors (Lipinski definition) is 2. The Morgan fingerprint density at radius 1 is 1.08 bits per heavy atom. The highest BCUT2D eigenvalue weighted by atomic mass is 19.1. The standard InChI is InChI=1S/C19H30FN3O3/c1-17(3-2-4-17)21-15(24)19(20)6-9-22(10-7-19)14-11-18(12-14)5-8-23(13-18)16(25)26/h14H,2-13H2,1H3,(H,21,24)(H,25,26). The Morgan fingerprint density at radius 2 is 1.73 bits per heavy atom. The van der Waals surface area contributed by atoms with Gasteiger partial charge < -0.3 is 20.2 Å². The molecule has 2 saturated carbocycles. The van der Waals surface area contributed by atoms with E-state index in [9.17, 15) is 9.59 Å². The molecule has 26 heavy (non-hydrogen) atoms. The van der Waals surface area contributed by atoms with E-state index < -0.39 is 17.7 Å². The third-order valence-electron chi connectivity index (χ3n) is 7.43. The molecule has 2 aliphatic carbocycles. The lowest BCUT2D eigenvalue weighted by Crippen LogP contribution is -2.61. The number of carbonyl (C=O) groups is 2. The van der Waals surface area contributed by atoms with Crippen LogP contribution in [0.5, 0.6) is 0 Å². The van der Waals surface area contributed by atoms with E-state index in [0.717, 1.165) is 38.5 Å². The van der Waals surface area contributed by atoms with Crippen LogP contribution in [0, 0.1) is 5.41 Å². The van der Waals surface area contributed by atoms with Gasteiger partial charge in [0, 0.05) is 50.6 Å². The summed E-state index contributed by atoms with van der Waals surface area (Å²) in [6.45, 7) is 4.51. The molecule has 4 aliphatic rings. The fourth-order valence-corrected chi connectivity index (χ4v) is 5.32. The van der Waals surface area contributed by atoms with Gasteiger partial charge in [-0.15, -0.1) is 0 Å². The predicted molar refractivity (Wildman–Crippen MR) is 94.7 cm³/mol. The van der Waals surface area contributed by atoms with Crippen molar-refractivity contribution in [3.63, 3.8) is 0 Å². The largest absolute Gasteiger partial charge is 0.465 e. The van der Waals surface area contributed by atoms with Crippen molar-refractivity contribution in [1.29, 1.82) is 0 Å². The molecule has 0 unspecified atom stereocenters. The van der Waals surface area contributed by atoms with Gasteiger partial charge in [0.05, 0.1) is 0 Å². The minimum atomic E-state index is -1.73. The Bertz CT molecular complexity index is 593. The summed E-state index contributed by atoms with van der Waals surface area (Å²) in [6.07, 6.45) is 5.64. The van der Waals surface area contributed by atoms with Crippen LogP contribution < -0.4 is 5.32 Å². The average Bonchev–Trinajstić information content (AvgIpc) is 2.99. The fraction of sp³-hybridized carbons (Fsp3) is 0.895. The van der Waals surface area contributed by atoms with Crippen molar-refractivity contribution in [1.82, 2.24) is 15.1 Å². The van der Waals surface area contributed by atoms with E-state index in [1.54, 1.807) is 0 Å². The third-order valence-corrected chi connectivity index (χ3v) is 7.43. The van der Waals surface area contributed by atoms with Gasteiger partial charge in [-0.2, -0.15) is 0 Å². The van der Waals surface area contributed by atoms with Crippen LogP contribution in [-0.2, 0) is 4.79 Å². The molecule has 2 aliphatic heterocycles. The monoisotopic (exact) mass is 367 g/mol. The lowest BCUT2D eigenvalue weighted by molar-refractivity contribution is -0.140. The Morgan fingerprint density at radius 3 is 2.23 bits per heavy atom. The van der Waals surface area contributed by atoms with Gasteiger partial charge >= 0.3 is 6.09 Å². The molecule has 1 spiro atoms. The Labute approximate surface area is 154 Å². The van der Waals surface area contributed by atoms with E-state index in [1.165, 1.54) is 4.90 Å². The normalized spacial score (nSPS) is 35.6. The highest BCUT2D eigenvalue weighted by Gasteiger charge is 2.53. The molecular weight excluding hydrogens is 337 g/mol. The summed E-state index contributed by atoms with van der Waals surface area (Å²) in [5.74, 6) is -0.419. The number of carbonyl (C=O) groups excluding carboxylic acids is 1. The molecule has 6 nitrogen and oxygen atoms in total. The zero-order valence-electron chi connectivity index (χ0n) is 15.6. The fourth-order valence-electron chi connectivity index (χ4n) is 5.32. The topological polar surface area (TPSA) is 72.9 Å². The minimum absolute atomic E-state index is 0.142. The molecule has 146 valence electrons. The number of rotatable bonds is 3. The summed E-state index contributed by atoms with van der Waals surface area (Å²) in [6, 6.07) is 0.417. The van der Waals surface area contributed by atoms with E-state index >= 15 is 4.39 Å². The van der Waals surface area contributed by atoms with Gasteiger partial charge in [0.15, 0.2) is 5.67 Å². The van der Waals surface area contributed by atoms with Crippen LogP contribution in [0.25, 0.3) is 0 Å². The second-order valence-electron chi connectivity index (χ2n) is 9.39. The van der Waals surface area contributed by atoms with Crippen LogP contribution in [0.4, 0.5) is 9.18 Å². The Balaban J connectivity index is 1.26. The summed E-state index contributed by atoms with van der Waals surface area (Å²) in [5, 5.41) is 12.1. The molecule has 0 atom stereocenters. The number of halogens is 1. The summed E-state index contributed by atoms with van der Waals surface area (Å²) < 4.78 is 15.1. The Hall–Kier alpha value is -1.37. The Kier molecular flexibility index (Phi) is 4.21. The molecule has 4 fully saturated rings. The van der Waals surface area contributed by atoms with Gasteiger partial charge in [0.1, 0.15) is 0 Å². The number of nitrogens with one attached hydrogen (secondary N) is 1. The number of alkyl halides is 1. The maximum atomic E-state index is 15.1. The predicted octanol–water partition coefficient (Wildman–Crippen LogP) is 2.38. The SMILES string of the molecule is CC1(NC(=O)C2(F)CCN(C3CC4(CCN(C(=O)O)C4)C3)CC2)CCC1. The van der Waals surface area contributed by atoms with Crippen molar-refractivity contribution >= 4 is 12.0 Å². The van der Waals surface area contributed by atoms with Gasteiger partial charge in [-0.1, -0.05) is 0 Å². The number of amides is 2. The molecule has 0 radical (unpaired) electrons. The molecule has 2 heterocycles. The van der Waals surface area contributed by atoms with Gasteiger partial charge in [-0.05, 0) is 50.9 Å². The van der Waals surface area contributed by atoms with Gasteiger partial charge in [0.2, 0.25) is 0 Å². The molecule has 0 aromatic carbocycles. The molecule has 0 aromatic heterocycles. The van der Waals surface area contributed by atoms with E-state index in [-0.39, 0.29) is 23.8 Å². The quantitative estimate of drug-likeness (QED) is 0.803. The van der Waals surface area contributed by atoms with Crippen LogP contribution in [-0.4, -0.2) is 70.3 Å². The minimum Gasteiger partial charge on any atom is -0.465 e. The van der Waals surface area contributed by atoms with E-state index in [0.29, 0.717) is 32.2 Å². The first-order valence-corrected chi connectivity index (χ1v) is 9.96. The van der Waals surface area contributed by atoms with Gasteiger partial charge in [-0.25, -0.2) is 9.18 Å². The second-order valence-corrected chi connectivity index (χ2v) is 9.39. The van der Waals surface area contributed by atoms with Crippen molar-refractivity contribution in [2.75, 3.05) is 26.2 Å². The number of piperidine rings is 1. The molecular formula is C19H30FN3O3. The molecule has 2 amide bonds. The molecule has 0 bridgehead atoms. The summed E-state index contributed by atoms with van der Waals surface area (Å²) in [4.78, 5) is 27.4. The lowest BCUT2D eigenvalue weighted by Gasteiger charge is -2.52. The first-order valence-electron chi connectivity index (χ1n) is 9.96. The highest BCUT2D eigenvalue weighted by Crippen LogP contribution is 2.51. The zero-order chi connectivity index (χ0) is 18.6. The summed E-state index contributed by atoms with van der Waals surface area (Å²) in [7, 11) is 0. The van der Waals surface area contributed by atoms with Crippen LogP contribution in [0.2, 0.25) is 0 Å². The zero-order valence-corrected chi connectivity index (χ0v) is 15.6. The highest BCUT2D eigenvalue weighted by molar-refractivity contribution is 5.86. The molecule has 7 heteroatoms. The van der Waals surface area contributed by atoms with Gasteiger partial charge in [-0.3, -0.25) is 4.79 Å². The maximum absolute atomic E-state index is 15.1. The first kappa shape index (κ1) is 18.0. The number of hydrogen-bond acceptors (Lipinski definition) is 3. The number of likely N-dealkylation sites (tertiary alicyclic amines) is 2. The molecule has 0 aromatic rings. The van der Waals surface area contributed by atoms with E-state index in [2.05, 4.69) is 10.2 Å². The lowest BCUT2D eigenvalue weighted by atomic mass is 9.64. The third kappa shape index (κ3) is 3.08. The average molecular weight is 367 g/mol. The number of nitrogens with zero attached hydrogens (tertiary/aromatic N) is 2. The van der Waals surface area contributed by atoms with Crippen molar-refractivity contribution in [3.05, 3.63) is 0 Å². The smallest absolute Gasteiger partial charge is 0.407 e. The summed E-state index contributed by atoms with van der Waals surface area (Å²) >= 11 is 0. The van der Waals surface area contributed by atoms with Crippen molar-refractivity contribution in [3.8, 4) is 0 Å². The van der Waals surface area contributed by atoms with E-state index in [4.69, 9.17) is 5.11 Å². The first-order chi connectivity index (χ1) is 12.2. The van der Waals surface area contributed by atoms with Crippen LogP contribution >= 0.6 is 0 Å².